The van der Waals surface area contributed by atoms with Gasteiger partial charge in [-0.05, 0) is 65.2 Å². The van der Waals surface area contributed by atoms with Crippen LogP contribution >= 0.6 is 11.3 Å². The summed E-state index contributed by atoms with van der Waals surface area (Å²) >= 11 is 1.73. The molecule has 25 heavy (non-hydrogen) atoms. The molecule has 0 amide bonds. The first-order chi connectivity index (χ1) is 12.1. The van der Waals surface area contributed by atoms with Gasteiger partial charge in [0.15, 0.2) is 0 Å². The molecule has 0 saturated carbocycles. The highest BCUT2D eigenvalue weighted by molar-refractivity contribution is 7.13. The highest BCUT2D eigenvalue weighted by Gasteiger charge is 2.05. The predicted octanol–water partition coefficient (Wildman–Crippen LogP) is 5.32. The van der Waals surface area contributed by atoms with Crippen molar-refractivity contribution in [2.45, 2.75) is 26.4 Å². The number of aryl methyl sites for hydroxylation is 2. The zero-order valence-corrected chi connectivity index (χ0v) is 14.9. The molecule has 4 heteroatoms. The van der Waals surface area contributed by atoms with E-state index in [1.807, 2.05) is 31.2 Å². The molecule has 1 heterocycles. The molecule has 0 aliphatic heterocycles. The van der Waals surface area contributed by atoms with Crippen LogP contribution in [0.25, 0.3) is 10.4 Å². The number of benzene rings is 2. The number of carboxylic acid groups (broad SMARTS) is 1. The van der Waals surface area contributed by atoms with Gasteiger partial charge in [-0.2, -0.15) is 0 Å². The van der Waals surface area contributed by atoms with Crippen LogP contribution in [-0.4, -0.2) is 11.1 Å². The van der Waals surface area contributed by atoms with Gasteiger partial charge >= 0.3 is 5.97 Å². The molecule has 128 valence electrons. The third-order valence-electron chi connectivity index (χ3n) is 4.06. The molecule has 0 radical (unpaired) electrons. The molecule has 0 aliphatic rings. The molecule has 0 saturated heterocycles. The first-order valence-electron chi connectivity index (χ1n) is 8.19. The molecule has 3 rings (SSSR count). The van der Waals surface area contributed by atoms with Crippen LogP contribution < -0.4 is 4.74 Å². The Hall–Kier alpha value is -2.59. The van der Waals surface area contributed by atoms with Crippen molar-refractivity contribution in [3.8, 4) is 16.2 Å². The topological polar surface area (TPSA) is 46.5 Å². The Morgan fingerprint density at radius 2 is 2.00 bits per heavy atom. The van der Waals surface area contributed by atoms with E-state index in [-0.39, 0.29) is 6.42 Å². The summed E-state index contributed by atoms with van der Waals surface area (Å²) in [5.74, 6) is 0.0310. The van der Waals surface area contributed by atoms with Gasteiger partial charge in [0.05, 0.1) is 0 Å². The lowest BCUT2D eigenvalue weighted by Gasteiger charge is -2.10. The van der Waals surface area contributed by atoms with Crippen LogP contribution in [0.4, 0.5) is 0 Å². The van der Waals surface area contributed by atoms with E-state index in [4.69, 9.17) is 9.84 Å². The van der Waals surface area contributed by atoms with Crippen molar-refractivity contribution in [3.05, 3.63) is 76.7 Å². The van der Waals surface area contributed by atoms with Crippen molar-refractivity contribution < 1.29 is 14.6 Å². The minimum Gasteiger partial charge on any atom is -0.489 e. The van der Waals surface area contributed by atoms with Gasteiger partial charge in [-0.25, -0.2) is 0 Å². The van der Waals surface area contributed by atoms with Crippen molar-refractivity contribution in [3.63, 3.8) is 0 Å². The van der Waals surface area contributed by atoms with Crippen LogP contribution in [0, 0.1) is 6.92 Å². The van der Waals surface area contributed by atoms with Crippen LogP contribution in [-0.2, 0) is 17.8 Å². The van der Waals surface area contributed by atoms with Gasteiger partial charge in [0.1, 0.15) is 12.4 Å². The fourth-order valence-corrected chi connectivity index (χ4v) is 3.43. The Balaban J connectivity index is 1.65. The van der Waals surface area contributed by atoms with E-state index in [0.717, 1.165) is 22.4 Å². The molecule has 1 N–H and O–H groups in total. The number of hydrogen-bond donors (Lipinski definition) is 1. The van der Waals surface area contributed by atoms with E-state index in [1.165, 1.54) is 10.4 Å². The molecule has 0 aliphatic carbocycles. The number of carbonyl (C=O) groups is 1. The molecule has 3 nitrogen and oxygen atoms in total. The Labute approximate surface area is 151 Å². The second-order valence-electron chi connectivity index (χ2n) is 5.95. The van der Waals surface area contributed by atoms with Crippen LogP contribution in [0.3, 0.4) is 0 Å². The van der Waals surface area contributed by atoms with E-state index in [9.17, 15) is 4.79 Å². The monoisotopic (exact) mass is 352 g/mol. The largest absolute Gasteiger partial charge is 0.489 e. The van der Waals surface area contributed by atoms with E-state index in [1.54, 1.807) is 11.3 Å². The maximum absolute atomic E-state index is 10.7. The number of hydrogen-bond acceptors (Lipinski definition) is 3. The van der Waals surface area contributed by atoms with Gasteiger partial charge in [0.2, 0.25) is 0 Å². The van der Waals surface area contributed by atoms with Crippen LogP contribution in [0.15, 0.2) is 60.0 Å². The van der Waals surface area contributed by atoms with Gasteiger partial charge in [0.25, 0.3) is 0 Å². The Morgan fingerprint density at radius 1 is 1.12 bits per heavy atom. The fourth-order valence-electron chi connectivity index (χ4n) is 2.70. The van der Waals surface area contributed by atoms with E-state index < -0.39 is 5.97 Å². The third kappa shape index (κ3) is 4.70. The van der Waals surface area contributed by atoms with Gasteiger partial charge in [-0.1, -0.05) is 30.3 Å². The van der Waals surface area contributed by atoms with Crippen molar-refractivity contribution in [1.29, 1.82) is 0 Å². The Morgan fingerprint density at radius 3 is 2.72 bits per heavy atom. The van der Waals surface area contributed by atoms with Crippen LogP contribution in [0.2, 0.25) is 0 Å². The zero-order chi connectivity index (χ0) is 17.6. The number of carboxylic acids is 1. The summed E-state index contributed by atoms with van der Waals surface area (Å²) in [5.41, 5.74) is 4.44. The Kier molecular flexibility index (Phi) is 5.51. The van der Waals surface area contributed by atoms with Crippen molar-refractivity contribution in [2.75, 3.05) is 0 Å². The third-order valence-corrected chi connectivity index (χ3v) is 4.98. The summed E-state index contributed by atoms with van der Waals surface area (Å²) in [6.07, 6.45) is 0.695. The average Bonchev–Trinajstić information content (AvgIpc) is 3.14. The quantitative estimate of drug-likeness (QED) is 0.626. The number of ether oxygens (including phenoxy) is 1. The Bertz CT molecular complexity index is 853. The van der Waals surface area contributed by atoms with E-state index in [0.29, 0.717) is 13.0 Å². The highest BCUT2D eigenvalue weighted by Crippen LogP contribution is 2.26. The maximum atomic E-state index is 10.7. The maximum Gasteiger partial charge on any atom is 0.303 e. The summed E-state index contributed by atoms with van der Waals surface area (Å²) in [4.78, 5) is 11.9. The summed E-state index contributed by atoms with van der Waals surface area (Å²) in [7, 11) is 0. The molecular formula is C21H20O3S. The predicted molar refractivity (Wildman–Crippen MR) is 101 cm³/mol. The van der Waals surface area contributed by atoms with Crippen molar-refractivity contribution in [2.24, 2.45) is 0 Å². The standard InChI is InChI=1S/C21H20O3S/c1-15-12-19(9-7-17(15)8-10-21(22)23)24-14-16-4-2-5-18(13-16)20-6-3-11-25-20/h2-7,9,11-13H,8,10,14H2,1H3,(H,22,23). The second-order valence-corrected chi connectivity index (χ2v) is 6.90. The van der Waals surface area contributed by atoms with E-state index in [2.05, 4.69) is 35.7 Å². The first-order valence-corrected chi connectivity index (χ1v) is 9.07. The van der Waals surface area contributed by atoms with Gasteiger partial charge < -0.3 is 9.84 Å². The van der Waals surface area contributed by atoms with Gasteiger partial charge in [-0.3, -0.25) is 4.79 Å². The molecule has 2 aromatic carbocycles. The van der Waals surface area contributed by atoms with Gasteiger partial charge in [-0.15, -0.1) is 11.3 Å². The second kappa shape index (κ2) is 7.99. The van der Waals surface area contributed by atoms with Crippen molar-refractivity contribution in [1.82, 2.24) is 0 Å². The minimum atomic E-state index is -0.773. The average molecular weight is 352 g/mol. The first kappa shape index (κ1) is 17.2. The molecule has 0 atom stereocenters. The SMILES string of the molecule is Cc1cc(OCc2cccc(-c3cccs3)c2)ccc1CCC(=O)O. The molecule has 0 bridgehead atoms. The smallest absolute Gasteiger partial charge is 0.303 e. The summed E-state index contributed by atoms with van der Waals surface area (Å²) < 4.78 is 5.91. The fraction of sp³-hybridized carbons (Fsp3) is 0.190. The summed E-state index contributed by atoms with van der Waals surface area (Å²) in [5, 5.41) is 10.9. The molecule has 0 unspecified atom stereocenters. The molecule has 1 aromatic heterocycles. The lowest BCUT2D eigenvalue weighted by Crippen LogP contribution is -2.00. The summed E-state index contributed by atoms with van der Waals surface area (Å²) in [6.45, 7) is 2.49. The highest BCUT2D eigenvalue weighted by atomic mass is 32.1. The molecule has 0 spiro atoms. The zero-order valence-electron chi connectivity index (χ0n) is 14.1. The van der Waals surface area contributed by atoms with Gasteiger partial charge in [0, 0.05) is 11.3 Å². The van der Waals surface area contributed by atoms with Crippen LogP contribution in [0.1, 0.15) is 23.1 Å². The van der Waals surface area contributed by atoms with Crippen molar-refractivity contribution >= 4 is 17.3 Å². The lowest BCUT2D eigenvalue weighted by atomic mass is 10.0. The lowest BCUT2D eigenvalue weighted by molar-refractivity contribution is -0.136. The molecule has 3 aromatic rings. The number of rotatable bonds is 7. The summed E-state index contributed by atoms with van der Waals surface area (Å²) in [6, 6.07) is 18.4. The molecule has 0 fully saturated rings. The number of thiophene rings is 1. The van der Waals surface area contributed by atoms with E-state index >= 15 is 0 Å². The molecular weight excluding hydrogens is 332 g/mol. The minimum absolute atomic E-state index is 0.149. The number of aliphatic carboxylic acids is 1. The normalized spacial score (nSPS) is 10.6. The van der Waals surface area contributed by atoms with Crippen LogP contribution in [0.5, 0.6) is 5.75 Å².